The van der Waals surface area contributed by atoms with Crippen LogP contribution in [0.3, 0.4) is 0 Å². The highest BCUT2D eigenvalue weighted by atomic mass is 16.6. The van der Waals surface area contributed by atoms with Gasteiger partial charge in [-0.15, -0.1) is 0 Å². The zero-order chi connectivity index (χ0) is 13.4. The number of hydrogen-bond donors (Lipinski definition) is 0. The Morgan fingerprint density at radius 1 is 1.32 bits per heavy atom. The fourth-order valence-electron chi connectivity index (χ4n) is 2.60. The zero-order valence-electron chi connectivity index (χ0n) is 10.9. The summed E-state index contributed by atoms with van der Waals surface area (Å²) in [5.41, 5.74) is 0.949. The molecule has 2 aliphatic rings. The maximum atomic E-state index is 12.4. The third kappa shape index (κ3) is 2.25. The Kier molecular flexibility index (Phi) is 3.05. The highest BCUT2D eigenvalue weighted by molar-refractivity contribution is 6.25. The van der Waals surface area contributed by atoms with Gasteiger partial charge >= 0.3 is 6.09 Å². The Balaban J connectivity index is 1.84. The van der Waals surface area contributed by atoms with E-state index in [1.807, 2.05) is 38.2 Å². The van der Waals surface area contributed by atoms with Crippen LogP contribution in [0.15, 0.2) is 30.3 Å². The molecule has 2 atom stereocenters. The number of nitrogens with zero attached hydrogens (tertiary/aromatic N) is 1. The van der Waals surface area contributed by atoms with E-state index in [4.69, 9.17) is 4.74 Å². The third-order valence-electron chi connectivity index (χ3n) is 4.01. The van der Waals surface area contributed by atoms with Crippen molar-refractivity contribution in [3.63, 3.8) is 0 Å². The minimum absolute atomic E-state index is 0.0862. The van der Waals surface area contributed by atoms with Gasteiger partial charge in [0, 0.05) is 5.82 Å². The van der Waals surface area contributed by atoms with Gasteiger partial charge in [-0.2, -0.15) is 0 Å². The highest BCUT2D eigenvalue weighted by Gasteiger charge is 2.43. The summed E-state index contributed by atoms with van der Waals surface area (Å²) in [5, 5.41) is 0. The van der Waals surface area contributed by atoms with Gasteiger partial charge in [-0.05, 0) is 11.5 Å². The Bertz CT molecular complexity index is 501. The zero-order valence-corrected chi connectivity index (χ0v) is 10.9. The maximum absolute atomic E-state index is 12.4. The number of rotatable bonds is 3. The smallest absolute Gasteiger partial charge is 0.417 e. The molecule has 1 aliphatic carbocycles. The van der Waals surface area contributed by atoms with E-state index >= 15 is 0 Å². The van der Waals surface area contributed by atoms with E-state index in [1.165, 1.54) is 4.90 Å². The van der Waals surface area contributed by atoms with Crippen LogP contribution in [0.1, 0.15) is 24.4 Å². The molecule has 19 heavy (non-hydrogen) atoms. The Morgan fingerprint density at radius 3 is 2.63 bits per heavy atom. The third-order valence-corrected chi connectivity index (χ3v) is 4.01. The van der Waals surface area contributed by atoms with Gasteiger partial charge in [0.2, 0.25) is 5.91 Å². The van der Waals surface area contributed by atoms with Crippen LogP contribution in [-0.2, 0) is 9.53 Å². The van der Waals surface area contributed by atoms with Crippen molar-refractivity contribution in [2.24, 2.45) is 5.92 Å². The van der Waals surface area contributed by atoms with Crippen molar-refractivity contribution in [2.75, 3.05) is 6.61 Å². The monoisotopic (exact) mass is 257 g/mol. The Labute approximate surface area is 113 Å². The normalized spacial score (nSPS) is 24.1. The number of hydrogen-bond acceptors (Lipinski definition) is 3. The first-order valence-corrected chi connectivity index (χ1v) is 6.73. The molecule has 2 amide bonds. The van der Waals surface area contributed by atoms with Crippen LogP contribution in [0.25, 0.3) is 0 Å². The van der Waals surface area contributed by atoms with Gasteiger partial charge in [0.05, 0.1) is 0 Å². The second kappa shape index (κ2) is 4.72. The molecule has 4 nitrogen and oxygen atoms in total. The summed E-state index contributed by atoms with van der Waals surface area (Å²) >= 11 is 0. The van der Waals surface area contributed by atoms with Crippen LogP contribution in [0.2, 0.25) is 5.82 Å². The lowest BCUT2D eigenvalue weighted by Gasteiger charge is -2.23. The molecule has 98 valence electrons. The van der Waals surface area contributed by atoms with Crippen LogP contribution in [0.5, 0.6) is 0 Å². The molecular formula is C14H16BNO3. The van der Waals surface area contributed by atoms with Gasteiger partial charge in [0.1, 0.15) is 20.5 Å². The minimum Gasteiger partial charge on any atom is -0.446 e. The molecule has 2 fully saturated rings. The number of benzene rings is 1. The highest BCUT2D eigenvalue weighted by Crippen LogP contribution is 2.41. The quantitative estimate of drug-likeness (QED) is 0.771. The summed E-state index contributed by atoms with van der Waals surface area (Å²) in [7, 11) is 1.91. The second-order valence-electron chi connectivity index (χ2n) is 5.34. The molecule has 1 saturated carbocycles. The van der Waals surface area contributed by atoms with Crippen molar-refractivity contribution >= 4 is 19.8 Å². The molecule has 0 N–H and O–H groups in total. The summed E-state index contributed by atoms with van der Waals surface area (Å²) in [6, 6.07) is 9.31. The summed E-state index contributed by atoms with van der Waals surface area (Å²) < 4.78 is 5.07. The van der Waals surface area contributed by atoms with Crippen molar-refractivity contribution in [1.82, 2.24) is 4.90 Å². The molecule has 0 spiro atoms. The second-order valence-corrected chi connectivity index (χ2v) is 5.34. The molecule has 1 aromatic rings. The van der Waals surface area contributed by atoms with Crippen LogP contribution in [-0.4, -0.2) is 31.4 Å². The van der Waals surface area contributed by atoms with Crippen LogP contribution >= 0.6 is 0 Å². The summed E-state index contributed by atoms with van der Waals surface area (Å²) in [6.45, 7) is 0.256. The van der Waals surface area contributed by atoms with Gasteiger partial charge in [0.25, 0.3) is 0 Å². The van der Waals surface area contributed by atoms with Crippen molar-refractivity contribution in [3.05, 3.63) is 35.9 Å². The summed E-state index contributed by atoms with van der Waals surface area (Å²) in [4.78, 5) is 25.6. The Morgan fingerprint density at radius 2 is 2.00 bits per heavy atom. The minimum atomic E-state index is -0.508. The summed E-state index contributed by atoms with van der Waals surface area (Å²) in [5.74, 6) is 0.257. The van der Waals surface area contributed by atoms with Gasteiger partial charge in [0.15, 0.2) is 0 Å². The lowest BCUT2D eigenvalue weighted by atomic mass is 9.81. The molecule has 0 aromatic heterocycles. The first-order chi connectivity index (χ1) is 9.18. The average Bonchev–Trinajstić information content (AvgIpc) is 3.21. The number of carbonyl (C=O) groups is 2. The van der Waals surface area contributed by atoms with Gasteiger partial charge < -0.3 is 4.74 Å². The lowest BCUT2D eigenvalue weighted by Crippen LogP contribution is -2.37. The molecule has 0 radical (unpaired) electrons. The van der Waals surface area contributed by atoms with Crippen molar-refractivity contribution < 1.29 is 14.3 Å². The van der Waals surface area contributed by atoms with Crippen LogP contribution in [0, 0.1) is 5.92 Å². The average molecular weight is 257 g/mol. The number of amides is 2. The molecular weight excluding hydrogens is 241 g/mol. The molecule has 1 heterocycles. The molecule has 1 aliphatic heterocycles. The van der Waals surface area contributed by atoms with Crippen molar-refractivity contribution in [1.29, 1.82) is 0 Å². The predicted octanol–water partition coefficient (Wildman–Crippen LogP) is 1.54. The molecule has 0 bridgehead atoms. The van der Waals surface area contributed by atoms with E-state index in [1.54, 1.807) is 0 Å². The lowest BCUT2D eigenvalue weighted by molar-refractivity contribution is -0.129. The predicted molar refractivity (Wildman–Crippen MR) is 72.4 cm³/mol. The van der Waals surface area contributed by atoms with Crippen molar-refractivity contribution in [3.8, 4) is 0 Å². The van der Waals surface area contributed by atoms with E-state index in [0.29, 0.717) is 5.92 Å². The number of imide groups is 1. The largest absolute Gasteiger partial charge is 0.446 e. The molecule has 5 heteroatoms. The number of ether oxygens (including phenoxy) is 1. The molecule has 3 rings (SSSR count). The van der Waals surface area contributed by atoms with E-state index in [0.717, 1.165) is 18.4 Å². The van der Waals surface area contributed by atoms with Gasteiger partial charge in [-0.3, -0.25) is 4.79 Å². The SMILES string of the molecule is B[C@@H](C(=O)N1C(=O)OC[C@H]1c1ccccc1)C1CC1. The topological polar surface area (TPSA) is 46.6 Å². The fraction of sp³-hybridized carbons (Fsp3) is 0.429. The standard InChI is InChI=1S/C14H16BNO3/c15-12(10-6-7-10)13(17)16-11(8-19-14(16)18)9-4-2-1-3-5-9/h1-5,10-12H,6-8,15H2/t11-,12+/m0/s1. The molecule has 1 aromatic carbocycles. The van der Waals surface area contributed by atoms with Gasteiger partial charge in [-0.25, -0.2) is 9.69 Å². The first-order valence-electron chi connectivity index (χ1n) is 6.73. The van der Waals surface area contributed by atoms with Crippen LogP contribution in [0.4, 0.5) is 4.79 Å². The summed E-state index contributed by atoms with van der Waals surface area (Å²) in [6.07, 6.45) is 1.67. The first kappa shape index (κ1) is 12.3. The van der Waals surface area contributed by atoms with E-state index in [9.17, 15) is 9.59 Å². The molecule has 0 unspecified atom stereocenters. The van der Waals surface area contributed by atoms with Gasteiger partial charge in [-0.1, -0.05) is 43.2 Å². The Hall–Kier alpha value is -1.78. The van der Waals surface area contributed by atoms with E-state index < -0.39 is 6.09 Å². The maximum Gasteiger partial charge on any atom is 0.417 e. The van der Waals surface area contributed by atoms with E-state index in [-0.39, 0.29) is 24.4 Å². The number of cyclic esters (lactones) is 1. The van der Waals surface area contributed by atoms with Crippen LogP contribution < -0.4 is 0 Å². The molecule has 1 saturated heterocycles. The fourth-order valence-corrected chi connectivity index (χ4v) is 2.60. The van der Waals surface area contributed by atoms with Crippen molar-refractivity contribution in [2.45, 2.75) is 24.7 Å². The van der Waals surface area contributed by atoms with E-state index in [2.05, 4.69) is 0 Å². The number of carbonyl (C=O) groups excluding carboxylic acids is 2.